The maximum atomic E-state index is 12.2. The summed E-state index contributed by atoms with van der Waals surface area (Å²) >= 11 is 11.8. The summed E-state index contributed by atoms with van der Waals surface area (Å²) < 4.78 is 7.49. The van der Waals surface area contributed by atoms with E-state index in [1.54, 1.807) is 23.1 Å². The summed E-state index contributed by atoms with van der Waals surface area (Å²) in [6, 6.07) is 4.89. The quantitative estimate of drug-likeness (QED) is 0.860. The summed E-state index contributed by atoms with van der Waals surface area (Å²) in [6.45, 7) is 3.58. The van der Waals surface area contributed by atoms with Crippen molar-refractivity contribution in [2.75, 3.05) is 13.2 Å². The third-order valence-corrected chi connectivity index (χ3v) is 4.07. The van der Waals surface area contributed by atoms with Crippen LogP contribution in [0.4, 0.5) is 0 Å². The van der Waals surface area contributed by atoms with E-state index in [1.807, 2.05) is 11.5 Å². The summed E-state index contributed by atoms with van der Waals surface area (Å²) in [4.78, 5) is 13.9. The Bertz CT molecular complexity index is 717. The van der Waals surface area contributed by atoms with E-state index >= 15 is 0 Å². The zero-order valence-electron chi connectivity index (χ0n) is 11.9. The lowest BCUT2D eigenvalue weighted by Crippen LogP contribution is -2.41. The molecular formula is C14H14Cl2N4O2. The van der Waals surface area contributed by atoms with Gasteiger partial charge in [0.05, 0.1) is 11.6 Å². The first-order valence-electron chi connectivity index (χ1n) is 6.79. The number of aryl methyl sites for hydroxylation is 1. The van der Waals surface area contributed by atoms with Crippen molar-refractivity contribution in [1.29, 1.82) is 0 Å². The van der Waals surface area contributed by atoms with Crippen LogP contribution in [0.3, 0.4) is 0 Å². The van der Waals surface area contributed by atoms with Crippen LogP contribution in [0.1, 0.15) is 11.6 Å². The topological polar surface area (TPSA) is 60.2 Å². The number of aromatic nitrogens is 3. The summed E-state index contributed by atoms with van der Waals surface area (Å²) in [5.74, 6) is 1.99. The molecule has 2 aromatic rings. The number of benzene rings is 1. The molecular weight excluding hydrogens is 327 g/mol. The Labute approximate surface area is 137 Å². The summed E-state index contributed by atoms with van der Waals surface area (Å²) in [6.07, 6.45) is 0. The Morgan fingerprint density at radius 2 is 2.14 bits per heavy atom. The number of nitrogens with zero attached hydrogens (tertiary/aromatic N) is 4. The van der Waals surface area contributed by atoms with Gasteiger partial charge in [0.15, 0.2) is 12.4 Å². The molecule has 22 heavy (non-hydrogen) atoms. The molecule has 1 aromatic carbocycles. The van der Waals surface area contributed by atoms with Crippen LogP contribution in [0.25, 0.3) is 0 Å². The lowest BCUT2D eigenvalue weighted by atomic mass is 10.3. The van der Waals surface area contributed by atoms with Crippen molar-refractivity contribution in [2.45, 2.75) is 20.0 Å². The molecule has 0 bridgehead atoms. The molecule has 8 heteroatoms. The van der Waals surface area contributed by atoms with E-state index in [0.717, 1.165) is 11.6 Å². The number of amides is 1. The summed E-state index contributed by atoms with van der Waals surface area (Å²) in [5.41, 5.74) is 0. The van der Waals surface area contributed by atoms with Crippen LogP contribution in [-0.2, 0) is 17.9 Å². The van der Waals surface area contributed by atoms with Crippen LogP contribution in [-0.4, -0.2) is 38.7 Å². The fraction of sp³-hybridized carbons (Fsp3) is 0.357. The lowest BCUT2D eigenvalue weighted by molar-refractivity contribution is -0.134. The highest BCUT2D eigenvalue weighted by molar-refractivity contribution is 6.35. The van der Waals surface area contributed by atoms with Crippen LogP contribution >= 0.6 is 23.2 Å². The molecule has 0 radical (unpaired) electrons. The van der Waals surface area contributed by atoms with Gasteiger partial charge in [-0.1, -0.05) is 23.2 Å². The van der Waals surface area contributed by atoms with E-state index in [0.29, 0.717) is 35.4 Å². The minimum atomic E-state index is -0.113. The second-order valence-electron chi connectivity index (χ2n) is 4.99. The molecule has 6 nitrogen and oxygen atoms in total. The molecule has 0 aliphatic carbocycles. The number of ether oxygens (including phenoxy) is 1. The zero-order chi connectivity index (χ0) is 15.7. The van der Waals surface area contributed by atoms with Gasteiger partial charge in [0.1, 0.15) is 11.6 Å². The summed E-state index contributed by atoms with van der Waals surface area (Å²) in [5, 5.41) is 9.00. The number of halogens is 2. The molecule has 1 aliphatic heterocycles. The van der Waals surface area contributed by atoms with Gasteiger partial charge in [0, 0.05) is 18.1 Å². The predicted octanol–water partition coefficient (Wildman–Crippen LogP) is 2.31. The monoisotopic (exact) mass is 340 g/mol. The highest BCUT2D eigenvalue weighted by Gasteiger charge is 2.23. The van der Waals surface area contributed by atoms with Gasteiger partial charge in [-0.2, -0.15) is 0 Å². The van der Waals surface area contributed by atoms with Gasteiger partial charge in [-0.25, -0.2) is 0 Å². The van der Waals surface area contributed by atoms with Gasteiger partial charge in [-0.15, -0.1) is 10.2 Å². The molecule has 0 atom stereocenters. The van der Waals surface area contributed by atoms with Crippen LogP contribution < -0.4 is 4.74 Å². The van der Waals surface area contributed by atoms with E-state index in [-0.39, 0.29) is 12.5 Å². The molecule has 0 spiro atoms. The fourth-order valence-electron chi connectivity index (χ4n) is 2.34. The Balaban J connectivity index is 1.61. The molecule has 0 saturated heterocycles. The largest absolute Gasteiger partial charge is 0.482 e. The van der Waals surface area contributed by atoms with Crippen molar-refractivity contribution in [3.05, 3.63) is 39.9 Å². The maximum absolute atomic E-state index is 12.2. The van der Waals surface area contributed by atoms with E-state index < -0.39 is 0 Å². The van der Waals surface area contributed by atoms with E-state index in [2.05, 4.69) is 10.2 Å². The number of fused-ring (bicyclic) bond motifs is 1. The van der Waals surface area contributed by atoms with E-state index in [9.17, 15) is 4.79 Å². The lowest BCUT2D eigenvalue weighted by Gasteiger charge is -2.27. The molecule has 2 heterocycles. The third kappa shape index (κ3) is 3.03. The molecule has 0 unspecified atom stereocenters. The van der Waals surface area contributed by atoms with Gasteiger partial charge in [-0.3, -0.25) is 4.79 Å². The molecule has 1 aliphatic rings. The molecule has 0 N–H and O–H groups in total. The highest BCUT2D eigenvalue weighted by atomic mass is 35.5. The Morgan fingerprint density at radius 1 is 1.32 bits per heavy atom. The number of hydrogen-bond acceptors (Lipinski definition) is 4. The van der Waals surface area contributed by atoms with Crippen molar-refractivity contribution in [3.8, 4) is 5.75 Å². The average Bonchev–Trinajstić information content (AvgIpc) is 2.87. The third-order valence-electron chi connectivity index (χ3n) is 3.54. The Hall–Kier alpha value is -1.79. The standard InChI is InChI=1S/C14H14Cl2N4O2/c1-9-17-18-13-7-19(4-5-20(9)13)14(21)8-22-12-3-2-10(15)6-11(12)16/h2-3,6H,4-5,7-8H2,1H3. The van der Waals surface area contributed by atoms with Crippen LogP contribution in [0, 0.1) is 6.92 Å². The Kier molecular flexibility index (Phi) is 4.22. The van der Waals surface area contributed by atoms with Crippen LogP contribution in [0.15, 0.2) is 18.2 Å². The fourth-order valence-corrected chi connectivity index (χ4v) is 2.80. The maximum Gasteiger partial charge on any atom is 0.260 e. The predicted molar refractivity (Wildman–Crippen MR) is 82.1 cm³/mol. The van der Waals surface area contributed by atoms with E-state index in [4.69, 9.17) is 27.9 Å². The van der Waals surface area contributed by atoms with Crippen LogP contribution in [0.2, 0.25) is 10.0 Å². The van der Waals surface area contributed by atoms with Gasteiger partial charge >= 0.3 is 0 Å². The second-order valence-corrected chi connectivity index (χ2v) is 5.84. The molecule has 1 amide bonds. The van der Waals surface area contributed by atoms with Gasteiger partial charge in [0.25, 0.3) is 5.91 Å². The average molecular weight is 341 g/mol. The molecule has 1 aromatic heterocycles. The SMILES string of the molecule is Cc1nnc2n1CCN(C(=O)COc1ccc(Cl)cc1Cl)C2. The first kappa shape index (κ1) is 15.1. The van der Waals surface area contributed by atoms with Gasteiger partial charge < -0.3 is 14.2 Å². The minimum Gasteiger partial charge on any atom is -0.482 e. The normalized spacial score (nSPS) is 13.9. The Morgan fingerprint density at radius 3 is 2.91 bits per heavy atom. The number of carbonyl (C=O) groups excluding carboxylic acids is 1. The van der Waals surface area contributed by atoms with Crippen molar-refractivity contribution in [2.24, 2.45) is 0 Å². The van der Waals surface area contributed by atoms with Gasteiger partial charge in [0.2, 0.25) is 0 Å². The molecule has 3 rings (SSSR count). The molecule has 0 fully saturated rings. The van der Waals surface area contributed by atoms with E-state index in [1.165, 1.54) is 0 Å². The smallest absolute Gasteiger partial charge is 0.260 e. The number of hydrogen-bond donors (Lipinski definition) is 0. The van der Waals surface area contributed by atoms with Gasteiger partial charge in [-0.05, 0) is 25.1 Å². The van der Waals surface area contributed by atoms with Crippen molar-refractivity contribution < 1.29 is 9.53 Å². The first-order valence-corrected chi connectivity index (χ1v) is 7.54. The highest BCUT2D eigenvalue weighted by Crippen LogP contribution is 2.27. The van der Waals surface area contributed by atoms with Crippen molar-refractivity contribution in [3.63, 3.8) is 0 Å². The van der Waals surface area contributed by atoms with Crippen molar-refractivity contribution >= 4 is 29.1 Å². The van der Waals surface area contributed by atoms with Crippen LogP contribution in [0.5, 0.6) is 5.75 Å². The van der Waals surface area contributed by atoms with Crippen molar-refractivity contribution in [1.82, 2.24) is 19.7 Å². The minimum absolute atomic E-state index is 0.0749. The zero-order valence-corrected chi connectivity index (χ0v) is 13.4. The summed E-state index contributed by atoms with van der Waals surface area (Å²) in [7, 11) is 0. The number of carbonyl (C=O) groups is 1. The first-order chi connectivity index (χ1) is 10.5. The molecule has 0 saturated carbocycles. The molecule has 116 valence electrons. The number of rotatable bonds is 3. The second kappa shape index (κ2) is 6.14.